The van der Waals surface area contributed by atoms with Crippen molar-refractivity contribution in [2.24, 2.45) is 0 Å². The van der Waals surface area contributed by atoms with Crippen LogP contribution >= 0.6 is 0 Å². The van der Waals surface area contributed by atoms with Gasteiger partial charge in [-0.05, 0) is 48.3 Å². The highest BCUT2D eigenvalue weighted by Gasteiger charge is 2.13. The molecule has 2 aromatic rings. The van der Waals surface area contributed by atoms with Crippen LogP contribution in [0, 0.1) is 12.7 Å². The molecule has 1 aromatic carbocycles. The molecule has 1 N–H and O–H groups in total. The molecule has 7 heteroatoms. The monoisotopic (exact) mass is 384 g/mol. The maximum atomic E-state index is 14.1. The summed E-state index contributed by atoms with van der Waals surface area (Å²) < 4.78 is 32.9. The van der Waals surface area contributed by atoms with E-state index in [0.29, 0.717) is 16.8 Å². The van der Waals surface area contributed by atoms with Crippen LogP contribution in [0.4, 0.5) is 8.78 Å². The third-order valence-corrected chi connectivity index (χ3v) is 4.22. The molecule has 0 saturated heterocycles. The highest BCUT2D eigenvalue weighted by molar-refractivity contribution is 5.67. The van der Waals surface area contributed by atoms with Gasteiger partial charge in [0.2, 0.25) is 5.88 Å². The molecule has 1 aliphatic rings. The number of nitrogens with zero attached hydrogens (tertiary/aromatic N) is 2. The lowest BCUT2D eigenvalue weighted by molar-refractivity contribution is -0.136. The first-order chi connectivity index (χ1) is 13.4. The Morgan fingerprint density at radius 3 is 2.82 bits per heavy atom. The van der Waals surface area contributed by atoms with Crippen molar-refractivity contribution >= 4 is 5.97 Å². The average molecular weight is 384 g/mol. The molecule has 0 bridgehead atoms. The highest BCUT2D eigenvalue weighted by Crippen LogP contribution is 2.28. The minimum absolute atomic E-state index is 0.0235. The Bertz CT molecular complexity index is 997. The molecule has 0 radical (unpaired) electrons. The van der Waals surface area contributed by atoms with Crippen molar-refractivity contribution in [2.45, 2.75) is 26.2 Å². The number of hydrogen-bond acceptors (Lipinski definition) is 4. The molecule has 0 saturated carbocycles. The fourth-order valence-corrected chi connectivity index (χ4v) is 2.78. The standard InChI is InChI=1S/C21H18F2N2O3/c1-13-8-16(22)5-6-17(13)19-10-24-11-20(25-19)28-12-14-2-3-15(18(23)9-14)4-7-21(26)27/h2-3,5-6,8,10-12H,4,7,9H2,1H3,(H,26,27). The summed E-state index contributed by atoms with van der Waals surface area (Å²) in [7, 11) is 0. The minimum atomic E-state index is -0.965. The van der Waals surface area contributed by atoms with E-state index in [4.69, 9.17) is 9.84 Å². The Morgan fingerprint density at radius 2 is 2.11 bits per heavy atom. The van der Waals surface area contributed by atoms with E-state index >= 15 is 0 Å². The van der Waals surface area contributed by atoms with E-state index in [1.54, 1.807) is 31.3 Å². The predicted molar refractivity (Wildman–Crippen MR) is 99.6 cm³/mol. The smallest absolute Gasteiger partial charge is 0.303 e. The Balaban J connectivity index is 1.70. The number of carboxylic acid groups (broad SMARTS) is 1. The van der Waals surface area contributed by atoms with Crippen LogP contribution in [-0.4, -0.2) is 21.0 Å². The number of carboxylic acids is 1. The van der Waals surface area contributed by atoms with Gasteiger partial charge in [0.15, 0.2) is 0 Å². The molecule has 0 fully saturated rings. The Morgan fingerprint density at radius 1 is 1.29 bits per heavy atom. The number of halogens is 2. The van der Waals surface area contributed by atoms with Crippen molar-refractivity contribution < 1.29 is 23.4 Å². The number of ether oxygens (including phenoxy) is 1. The van der Waals surface area contributed by atoms with Crippen LogP contribution in [0.5, 0.6) is 5.88 Å². The lowest BCUT2D eigenvalue weighted by atomic mass is 9.99. The third kappa shape index (κ3) is 4.88. The van der Waals surface area contributed by atoms with Crippen LogP contribution in [-0.2, 0) is 4.79 Å². The topological polar surface area (TPSA) is 72.3 Å². The Kier molecular flexibility index (Phi) is 5.93. The molecule has 0 aliphatic heterocycles. The molecule has 1 aliphatic carbocycles. The van der Waals surface area contributed by atoms with Gasteiger partial charge < -0.3 is 9.84 Å². The fourth-order valence-electron chi connectivity index (χ4n) is 2.78. The lowest BCUT2D eigenvalue weighted by Gasteiger charge is -2.11. The van der Waals surface area contributed by atoms with Crippen LogP contribution in [0.15, 0.2) is 66.0 Å². The fraction of sp³-hybridized carbons (Fsp3) is 0.190. The van der Waals surface area contributed by atoms with Gasteiger partial charge in [-0.2, -0.15) is 0 Å². The summed E-state index contributed by atoms with van der Waals surface area (Å²) in [5, 5.41) is 8.70. The van der Waals surface area contributed by atoms with E-state index in [-0.39, 0.29) is 36.8 Å². The van der Waals surface area contributed by atoms with Crippen molar-refractivity contribution in [1.29, 1.82) is 0 Å². The summed E-state index contributed by atoms with van der Waals surface area (Å²) in [5.41, 5.74) is 2.97. The molecule has 0 spiro atoms. The van der Waals surface area contributed by atoms with Crippen LogP contribution in [0.1, 0.15) is 24.8 Å². The number of carbonyl (C=O) groups is 1. The number of aliphatic carboxylic acids is 1. The number of rotatable bonds is 6. The average Bonchev–Trinajstić information content (AvgIpc) is 2.65. The van der Waals surface area contributed by atoms with E-state index in [2.05, 4.69) is 9.97 Å². The number of hydrogen-bond donors (Lipinski definition) is 1. The maximum Gasteiger partial charge on any atom is 0.303 e. The van der Waals surface area contributed by atoms with Gasteiger partial charge >= 0.3 is 5.97 Å². The van der Waals surface area contributed by atoms with Gasteiger partial charge in [0, 0.05) is 18.4 Å². The van der Waals surface area contributed by atoms with E-state index in [9.17, 15) is 13.6 Å². The number of aryl methyl sites for hydroxylation is 1. The lowest BCUT2D eigenvalue weighted by Crippen LogP contribution is -2.00. The second-order valence-electron chi connectivity index (χ2n) is 6.35. The van der Waals surface area contributed by atoms with E-state index in [0.717, 1.165) is 11.1 Å². The van der Waals surface area contributed by atoms with Gasteiger partial charge in [-0.3, -0.25) is 9.78 Å². The highest BCUT2D eigenvalue weighted by atomic mass is 19.1. The number of aromatic nitrogens is 2. The Labute approximate surface area is 160 Å². The molecule has 144 valence electrons. The number of allylic oxidation sites excluding steroid dienone is 5. The Hall–Kier alpha value is -3.35. The number of benzene rings is 1. The maximum absolute atomic E-state index is 14.1. The van der Waals surface area contributed by atoms with Crippen molar-refractivity contribution in [2.75, 3.05) is 0 Å². The largest absolute Gasteiger partial charge is 0.481 e. The van der Waals surface area contributed by atoms with Crippen LogP contribution in [0.25, 0.3) is 11.3 Å². The summed E-state index contributed by atoms with van der Waals surface area (Å²) in [6.45, 7) is 1.78. The molecule has 1 aromatic heterocycles. The minimum Gasteiger partial charge on any atom is -0.481 e. The molecule has 1 heterocycles. The summed E-state index contributed by atoms with van der Waals surface area (Å²) in [5.74, 6) is -1.44. The van der Waals surface area contributed by atoms with Gasteiger partial charge in [-0.25, -0.2) is 13.8 Å². The van der Waals surface area contributed by atoms with Crippen molar-refractivity contribution in [1.82, 2.24) is 9.97 Å². The summed E-state index contributed by atoms with van der Waals surface area (Å²) in [4.78, 5) is 19.1. The molecular formula is C21H18F2N2O3. The van der Waals surface area contributed by atoms with E-state index < -0.39 is 5.97 Å². The van der Waals surface area contributed by atoms with Crippen LogP contribution in [0.3, 0.4) is 0 Å². The second kappa shape index (κ2) is 8.56. The molecule has 3 rings (SSSR count). The van der Waals surface area contributed by atoms with Crippen LogP contribution < -0.4 is 4.74 Å². The zero-order valence-electron chi connectivity index (χ0n) is 15.2. The van der Waals surface area contributed by atoms with Gasteiger partial charge in [0.1, 0.15) is 11.6 Å². The summed E-state index contributed by atoms with van der Waals surface area (Å²) in [6, 6.07) is 4.39. The van der Waals surface area contributed by atoms with Gasteiger partial charge in [0.25, 0.3) is 0 Å². The first kappa shape index (κ1) is 19.4. The summed E-state index contributed by atoms with van der Waals surface area (Å²) in [6.07, 6.45) is 7.66. The van der Waals surface area contributed by atoms with Crippen molar-refractivity contribution in [3.8, 4) is 17.1 Å². The van der Waals surface area contributed by atoms with E-state index in [1.165, 1.54) is 24.6 Å². The molecule has 5 nitrogen and oxygen atoms in total. The zero-order chi connectivity index (χ0) is 20.1. The predicted octanol–water partition coefficient (Wildman–Crippen LogP) is 4.90. The van der Waals surface area contributed by atoms with Gasteiger partial charge in [-0.1, -0.05) is 12.2 Å². The second-order valence-corrected chi connectivity index (χ2v) is 6.35. The van der Waals surface area contributed by atoms with E-state index in [1.807, 2.05) is 0 Å². The van der Waals surface area contributed by atoms with Crippen molar-refractivity contribution in [3.05, 3.63) is 77.4 Å². The quantitative estimate of drug-likeness (QED) is 0.717. The first-order valence-corrected chi connectivity index (χ1v) is 8.64. The van der Waals surface area contributed by atoms with Gasteiger partial charge in [-0.15, -0.1) is 0 Å². The molecule has 0 amide bonds. The van der Waals surface area contributed by atoms with Crippen molar-refractivity contribution in [3.63, 3.8) is 0 Å². The SMILES string of the molecule is Cc1cc(F)ccc1-c1cncc(OC=C2C=CC(CCC(=O)O)=C(F)C2)n1. The third-order valence-electron chi connectivity index (χ3n) is 4.22. The normalized spacial score (nSPS) is 15.2. The molecular weight excluding hydrogens is 366 g/mol. The zero-order valence-corrected chi connectivity index (χ0v) is 15.2. The first-order valence-electron chi connectivity index (χ1n) is 8.64. The summed E-state index contributed by atoms with van der Waals surface area (Å²) >= 11 is 0. The van der Waals surface area contributed by atoms with Gasteiger partial charge in [0.05, 0.1) is 24.3 Å². The molecule has 0 atom stereocenters. The molecule has 0 unspecified atom stereocenters. The van der Waals surface area contributed by atoms with Crippen LogP contribution in [0.2, 0.25) is 0 Å². The molecule has 28 heavy (non-hydrogen) atoms.